The second-order valence-corrected chi connectivity index (χ2v) is 5.74. The number of Topliss-reactive ketones (excluding diaryl/α,β-unsaturated/α-hetero) is 1. The van der Waals surface area contributed by atoms with Crippen LogP contribution < -0.4 is 10.6 Å². The van der Waals surface area contributed by atoms with Gasteiger partial charge in [0.15, 0.2) is 5.78 Å². The van der Waals surface area contributed by atoms with Gasteiger partial charge in [0.05, 0.1) is 4.88 Å². The number of carbonyl (C=O) groups excluding carboxylic acids is 3. The summed E-state index contributed by atoms with van der Waals surface area (Å²) in [5.41, 5.74) is 1.16. The highest BCUT2D eigenvalue weighted by atomic mass is 32.1. The molecule has 0 radical (unpaired) electrons. The van der Waals surface area contributed by atoms with Crippen molar-refractivity contribution in [2.45, 2.75) is 19.9 Å². The lowest BCUT2D eigenvalue weighted by Gasteiger charge is -2.13. The summed E-state index contributed by atoms with van der Waals surface area (Å²) in [6.45, 7) is 3.10. The van der Waals surface area contributed by atoms with Crippen molar-refractivity contribution in [3.8, 4) is 0 Å². The highest BCUT2D eigenvalue weighted by molar-refractivity contribution is 7.12. The van der Waals surface area contributed by atoms with E-state index in [-0.39, 0.29) is 17.6 Å². The summed E-state index contributed by atoms with van der Waals surface area (Å²) in [5, 5.41) is 7.14. The number of anilines is 1. The average Bonchev–Trinajstić information content (AvgIpc) is 3.02. The molecule has 0 bridgehead atoms. The number of thiophene rings is 1. The Labute approximate surface area is 132 Å². The Hall–Kier alpha value is -2.47. The van der Waals surface area contributed by atoms with Crippen molar-refractivity contribution >= 4 is 34.6 Å². The third-order valence-corrected chi connectivity index (χ3v) is 3.91. The second-order valence-electron chi connectivity index (χ2n) is 4.80. The minimum Gasteiger partial charge on any atom is -0.340 e. The zero-order valence-electron chi connectivity index (χ0n) is 12.3. The summed E-state index contributed by atoms with van der Waals surface area (Å²) in [6.07, 6.45) is 0. The molecule has 2 N–H and O–H groups in total. The monoisotopic (exact) mass is 316 g/mol. The number of hydrogen-bond acceptors (Lipinski definition) is 4. The van der Waals surface area contributed by atoms with Crippen LogP contribution in [0.3, 0.4) is 0 Å². The van der Waals surface area contributed by atoms with Crippen molar-refractivity contribution in [1.29, 1.82) is 0 Å². The van der Waals surface area contributed by atoms with Gasteiger partial charge >= 0.3 is 0 Å². The quantitative estimate of drug-likeness (QED) is 0.833. The van der Waals surface area contributed by atoms with Gasteiger partial charge in [0.25, 0.3) is 5.91 Å². The predicted octanol–water partition coefficient (Wildman–Crippen LogP) is 2.71. The summed E-state index contributed by atoms with van der Waals surface area (Å²) < 4.78 is 0. The minimum atomic E-state index is -0.665. The first-order valence-electron chi connectivity index (χ1n) is 6.73. The van der Waals surface area contributed by atoms with E-state index in [0.29, 0.717) is 16.1 Å². The highest BCUT2D eigenvalue weighted by Crippen LogP contribution is 2.11. The third-order valence-electron chi connectivity index (χ3n) is 3.04. The Morgan fingerprint density at radius 3 is 2.32 bits per heavy atom. The van der Waals surface area contributed by atoms with Gasteiger partial charge in [-0.05, 0) is 49.6 Å². The van der Waals surface area contributed by atoms with Crippen molar-refractivity contribution in [1.82, 2.24) is 5.32 Å². The van der Waals surface area contributed by atoms with E-state index in [1.807, 2.05) is 0 Å². The van der Waals surface area contributed by atoms with Gasteiger partial charge < -0.3 is 10.6 Å². The van der Waals surface area contributed by atoms with E-state index in [1.165, 1.54) is 18.3 Å². The topological polar surface area (TPSA) is 75.3 Å². The SMILES string of the molecule is CC(=O)c1ccc(NC(=O)C(C)NC(=O)c2cccs2)cc1. The molecule has 22 heavy (non-hydrogen) atoms. The zero-order valence-corrected chi connectivity index (χ0v) is 13.1. The summed E-state index contributed by atoms with van der Waals surface area (Å²) in [7, 11) is 0. The molecule has 1 aromatic heterocycles. The van der Waals surface area contributed by atoms with Gasteiger partial charge in [-0.1, -0.05) is 6.07 Å². The predicted molar refractivity (Wildman–Crippen MR) is 86.3 cm³/mol. The lowest BCUT2D eigenvalue weighted by atomic mass is 10.1. The van der Waals surface area contributed by atoms with E-state index in [0.717, 1.165) is 0 Å². The number of benzene rings is 1. The molecule has 0 aliphatic rings. The molecule has 2 rings (SSSR count). The molecule has 0 saturated carbocycles. The van der Waals surface area contributed by atoms with Crippen LogP contribution in [0.25, 0.3) is 0 Å². The Kier molecular flexibility index (Phi) is 5.06. The average molecular weight is 316 g/mol. The second kappa shape index (κ2) is 7.00. The smallest absolute Gasteiger partial charge is 0.261 e. The van der Waals surface area contributed by atoms with Gasteiger partial charge in [0.2, 0.25) is 5.91 Å². The molecule has 1 atom stereocenters. The lowest BCUT2D eigenvalue weighted by Crippen LogP contribution is -2.41. The lowest BCUT2D eigenvalue weighted by molar-refractivity contribution is -0.117. The molecule has 6 heteroatoms. The number of hydrogen-bond donors (Lipinski definition) is 2. The van der Waals surface area contributed by atoms with Crippen LogP contribution >= 0.6 is 11.3 Å². The first-order chi connectivity index (χ1) is 10.5. The fraction of sp³-hybridized carbons (Fsp3) is 0.188. The maximum atomic E-state index is 12.0. The minimum absolute atomic E-state index is 0.0329. The van der Waals surface area contributed by atoms with Crippen LogP contribution in [0.15, 0.2) is 41.8 Å². The van der Waals surface area contributed by atoms with Gasteiger partial charge in [-0.3, -0.25) is 14.4 Å². The maximum absolute atomic E-state index is 12.0. The molecule has 2 aromatic rings. The first kappa shape index (κ1) is 15.9. The number of rotatable bonds is 5. The van der Waals surface area contributed by atoms with Crippen molar-refractivity contribution in [2.75, 3.05) is 5.32 Å². The highest BCUT2D eigenvalue weighted by Gasteiger charge is 2.17. The molecule has 1 heterocycles. The van der Waals surface area contributed by atoms with E-state index >= 15 is 0 Å². The summed E-state index contributed by atoms with van der Waals surface area (Å²) >= 11 is 1.32. The van der Waals surface area contributed by atoms with Crippen molar-refractivity contribution in [3.05, 3.63) is 52.2 Å². The molecule has 2 amide bonds. The third kappa shape index (κ3) is 4.02. The molecule has 114 valence electrons. The molecule has 0 fully saturated rings. The number of amides is 2. The summed E-state index contributed by atoms with van der Waals surface area (Å²) in [4.78, 5) is 35.7. The van der Waals surface area contributed by atoms with Crippen molar-refractivity contribution < 1.29 is 14.4 Å². The van der Waals surface area contributed by atoms with Crippen LogP contribution in [0, 0.1) is 0 Å². The van der Waals surface area contributed by atoms with Crippen LogP contribution in [0.1, 0.15) is 33.9 Å². The van der Waals surface area contributed by atoms with Crippen LogP contribution in [-0.2, 0) is 4.79 Å². The number of nitrogens with one attached hydrogen (secondary N) is 2. The molecule has 1 aromatic carbocycles. The van der Waals surface area contributed by atoms with E-state index in [4.69, 9.17) is 0 Å². The van der Waals surface area contributed by atoms with Crippen LogP contribution in [0.5, 0.6) is 0 Å². The standard InChI is InChI=1S/C16H16N2O3S/c1-10(17-16(21)14-4-3-9-22-14)15(20)18-13-7-5-12(6-8-13)11(2)19/h3-10H,1-2H3,(H,17,21)(H,18,20). The molecule has 0 aliphatic carbocycles. The number of ketones is 1. The summed E-state index contributed by atoms with van der Waals surface area (Å²) in [5.74, 6) is -0.625. The Bertz CT molecular complexity index is 678. The molecule has 1 unspecified atom stereocenters. The largest absolute Gasteiger partial charge is 0.340 e. The summed E-state index contributed by atoms with van der Waals surface area (Å²) in [6, 6.07) is 9.42. The normalized spacial score (nSPS) is 11.5. The molecule has 0 saturated heterocycles. The Morgan fingerprint density at radius 2 is 1.77 bits per heavy atom. The van der Waals surface area contributed by atoms with E-state index in [9.17, 15) is 14.4 Å². The zero-order chi connectivity index (χ0) is 16.1. The number of carbonyl (C=O) groups is 3. The molecular formula is C16H16N2O3S. The van der Waals surface area contributed by atoms with Gasteiger partial charge in [0, 0.05) is 11.3 Å². The molecule has 0 aliphatic heterocycles. The molecule has 0 spiro atoms. The Balaban J connectivity index is 1.93. The fourth-order valence-corrected chi connectivity index (χ4v) is 2.41. The fourth-order valence-electron chi connectivity index (χ4n) is 1.78. The van der Waals surface area contributed by atoms with Crippen molar-refractivity contribution in [3.63, 3.8) is 0 Å². The van der Waals surface area contributed by atoms with Crippen molar-refractivity contribution in [2.24, 2.45) is 0 Å². The first-order valence-corrected chi connectivity index (χ1v) is 7.61. The van der Waals surface area contributed by atoms with Crippen LogP contribution in [0.2, 0.25) is 0 Å². The van der Waals surface area contributed by atoms with Gasteiger partial charge in [-0.25, -0.2) is 0 Å². The maximum Gasteiger partial charge on any atom is 0.261 e. The molecular weight excluding hydrogens is 300 g/mol. The van der Waals surface area contributed by atoms with E-state index < -0.39 is 6.04 Å². The van der Waals surface area contributed by atoms with Gasteiger partial charge in [-0.2, -0.15) is 0 Å². The molecule has 5 nitrogen and oxygen atoms in total. The van der Waals surface area contributed by atoms with Gasteiger partial charge in [0.1, 0.15) is 6.04 Å². The van der Waals surface area contributed by atoms with Crippen LogP contribution in [-0.4, -0.2) is 23.6 Å². The Morgan fingerprint density at radius 1 is 1.09 bits per heavy atom. The van der Waals surface area contributed by atoms with E-state index in [1.54, 1.807) is 48.7 Å². The van der Waals surface area contributed by atoms with E-state index in [2.05, 4.69) is 10.6 Å². The van der Waals surface area contributed by atoms with Gasteiger partial charge in [-0.15, -0.1) is 11.3 Å². The van der Waals surface area contributed by atoms with Crippen LogP contribution in [0.4, 0.5) is 5.69 Å².